The Balaban J connectivity index is 1.64. The van der Waals surface area contributed by atoms with E-state index in [0.717, 1.165) is 43.8 Å². The highest BCUT2D eigenvalue weighted by Gasteiger charge is 2.15. The molecule has 2 aromatic rings. The maximum absolute atomic E-state index is 11.8. The molecule has 0 N–H and O–H groups in total. The molecule has 1 heterocycles. The minimum Gasteiger partial charge on any atom is -0.466 e. The number of hydrogen-bond acceptors (Lipinski definition) is 5. The van der Waals surface area contributed by atoms with Crippen molar-refractivity contribution in [1.82, 2.24) is 4.90 Å². The standard InChI is InChI=1S/C23H23NO4/c1-27-22(25)12-13-23(26)28-21-11-5-9-19(15-21)20-10-6-14-24(17-20)16-18-7-3-2-4-8-18/h2-5,7-13,15H,6,14,16-17H2,1H3/b13-12+. The average molecular weight is 377 g/mol. The number of carbonyl (C=O) groups excluding carboxylic acids is 2. The molecule has 28 heavy (non-hydrogen) atoms. The van der Waals surface area contributed by atoms with Crippen LogP contribution in [0.5, 0.6) is 5.75 Å². The van der Waals surface area contributed by atoms with E-state index in [1.807, 2.05) is 24.3 Å². The zero-order valence-electron chi connectivity index (χ0n) is 15.8. The van der Waals surface area contributed by atoms with Crippen molar-refractivity contribution in [3.8, 4) is 5.75 Å². The Labute approximate surface area is 164 Å². The van der Waals surface area contributed by atoms with Crippen LogP contribution in [0.15, 0.2) is 72.8 Å². The van der Waals surface area contributed by atoms with Crippen LogP contribution in [-0.2, 0) is 20.9 Å². The fraction of sp³-hybridized carbons (Fsp3) is 0.217. The Hall–Kier alpha value is -3.18. The van der Waals surface area contributed by atoms with Crippen LogP contribution in [0.2, 0.25) is 0 Å². The molecular formula is C23H23NO4. The SMILES string of the molecule is COC(=O)/C=C/C(=O)Oc1cccc(C2=CCCN(Cc3ccccc3)C2)c1. The van der Waals surface area contributed by atoms with E-state index in [9.17, 15) is 9.59 Å². The highest BCUT2D eigenvalue weighted by atomic mass is 16.5. The summed E-state index contributed by atoms with van der Waals surface area (Å²) < 4.78 is 9.75. The third kappa shape index (κ3) is 5.66. The van der Waals surface area contributed by atoms with E-state index in [1.165, 1.54) is 18.2 Å². The molecule has 5 heteroatoms. The van der Waals surface area contributed by atoms with Crippen LogP contribution >= 0.6 is 0 Å². The molecule has 0 aliphatic carbocycles. The third-order valence-corrected chi connectivity index (χ3v) is 4.46. The molecule has 0 bridgehead atoms. The zero-order valence-corrected chi connectivity index (χ0v) is 15.8. The van der Waals surface area contributed by atoms with Crippen LogP contribution in [0.3, 0.4) is 0 Å². The quantitative estimate of drug-likeness (QED) is 0.437. The van der Waals surface area contributed by atoms with E-state index in [0.29, 0.717) is 5.75 Å². The summed E-state index contributed by atoms with van der Waals surface area (Å²) in [6, 6.07) is 17.9. The summed E-state index contributed by atoms with van der Waals surface area (Å²) in [6.07, 6.45) is 5.31. The van der Waals surface area contributed by atoms with Gasteiger partial charge in [-0.1, -0.05) is 48.5 Å². The average Bonchev–Trinajstić information content (AvgIpc) is 2.73. The number of ether oxygens (including phenoxy) is 2. The van der Waals surface area contributed by atoms with Crippen molar-refractivity contribution >= 4 is 17.5 Å². The number of hydrogen-bond donors (Lipinski definition) is 0. The second kappa shape index (κ2) is 9.67. The number of nitrogens with zero attached hydrogens (tertiary/aromatic N) is 1. The smallest absolute Gasteiger partial charge is 0.336 e. The number of benzene rings is 2. The van der Waals surface area contributed by atoms with Gasteiger partial charge in [-0.05, 0) is 35.3 Å². The van der Waals surface area contributed by atoms with Crippen LogP contribution in [0.1, 0.15) is 17.5 Å². The van der Waals surface area contributed by atoms with Gasteiger partial charge in [0.05, 0.1) is 7.11 Å². The maximum Gasteiger partial charge on any atom is 0.336 e. The lowest BCUT2D eigenvalue weighted by atomic mass is 10.0. The molecule has 0 aromatic heterocycles. The Bertz CT molecular complexity index is 886. The van der Waals surface area contributed by atoms with Gasteiger partial charge in [0.1, 0.15) is 5.75 Å². The second-order valence-corrected chi connectivity index (χ2v) is 6.52. The monoisotopic (exact) mass is 377 g/mol. The number of rotatable bonds is 6. The Morgan fingerprint density at radius 2 is 1.82 bits per heavy atom. The molecule has 0 saturated heterocycles. The lowest BCUT2D eigenvalue weighted by molar-refractivity contribution is -0.135. The van der Waals surface area contributed by atoms with Gasteiger partial charge in [-0.2, -0.15) is 0 Å². The van der Waals surface area contributed by atoms with Gasteiger partial charge < -0.3 is 9.47 Å². The normalized spacial score (nSPS) is 14.5. The predicted molar refractivity (Wildman–Crippen MR) is 108 cm³/mol. The fourth-order valence-corrected chi connectivity index (χ4v) is 3.11. The first-order valence-corrected chi connectivity index (χ1v) is 9.17. The van der Waals surface area contributed by atoms with Crippen molar-refractivity contribution in [2.75, 3.05) is 20.2 Å². The molecule has 0 atom stereocenters. The highest BCUT2D eigenvalue weighted by molar-refractivity contribution is 5.92. The van der Waals surface area contributed by atoms with Crippen molar-refractivity contribution in [3.63, 3.8) is 0 Å². The summed E-state index contributed by atoms with van der Waals surface area (Å²) in [5.74, 6) is -0.777. The van der Waals surface area contributed by atoms with E-state index < -0.39 is 11.9 Å². The first kappa shape index (κ1) is 19.6. The summed E-state index contributed by atoms with van der Waals surface area (Å²) in [6.45, 7) is 2.77. The minimum absolute atomic E-state index is 0.443. The molecule has 2 aromatic carbocycles. The third-order valence-electron chi connectivity index (χ3n) is 4.46. The molecule has 0 unspecified atom stereocenters. The summed E-state index contributed by atoms with van der Waals surface area (Å²) in [7, 11) is 1.25. The Morgan fingerprint density at radius 1 is 1.04 bits per heavy atom. The molecule has 0 fully saturated rings. The lowest BCUT2D eigenvalue weighted by Gasteiger charge is -2.27. The van der Waals surface area contributed by atoms with Crippen LogP contribution in [0.25, 0.3) is 5.57 Å². The number of methoxy groups -OCH3 is 1. The van der Waals surface area contributed by atoms with E-state index in [4.69, 9.17) is 4.74 Å². The molecule has 0 amide bonds. The van der Waals surface area contributed by atoms with Crippen molar-refractivity contribution in [1.29, 1.82) is 0 Å². The zero-order chi connectivity index (χ0) is 19.8. The molecule has 0 spiro atoms. The predicted octanol–water partition coefficient (Wildman–Crippen LogP) is 3.61. The molecule has 1 aliphatic heterocycles. The number of carbonyl (C=O) groups is 2. The van der Waals surface area contributed by atoms with Gasteiger partial charge in [0.2, 0.25) is 0 Å². The fourth-order valence-electron chi connectivity index (χ4n) is 3.11. The number of esters is 2. The molecule has 3 rings (SSSR count). The van der Waals surface area contributed by atoms with E-state index in [-0.39, 0.29) is 0 Å². The summed E-state index contributed by atoms with van der Waals surface area (Å²) >= 11 is 0. The molecule has 5 nitrogen and oxygen atoms in total. The summed E-state index contributed by atoms with van der Waals surface area (Å²) in [5.41, 5.74) is 3.54. The van der Waals surface area contributed by atoms with Gasteiger partial charge in [0.25, 0.3) is 0 Å². The molecule has 1 aliphatic rings. The van der Waals surface area contributed by atoms with Crippen molar-refractivity contribution < 1.29 is 19.1 Å². The first-order chi connectivity index (χ1) is 13.6. The lowest BCUT2D eigenvalue weighted by Crippen LogP contribution is -2.29. The van der Waals surface area contributed by atoms with Crippen molar-refractivity contribution in [3.05, 3.63) is 84.0 Å². The van der Waals surface area contributed by atoms with Crippen molar-refractivity contribution in [2.24, 2.45) is 0 Å². The van der Waals surface area contributed by atoms with Gasteiger partial charge in [-0.3, -0.25) is 4.90 Å². The molecule has 144 valence electrons. The van der Waals surface area contributed by atoms with Crippen LogP contribution in [0, 0.1) is 0 Å². The van der Waals surface area contributed by atoms with Crippen LogP contribution < -0.4 is 4.74 Å². The van der Waals surface area contributed by atoms with Gasteiger partial charge in [0, 0.05) is 31.8 Å². The second-order valence-electron chi connectivity index (χ2n) is 6.52. The summed E-state index contributed by atoms with van der Waals surface area (Å²) in [4.78, 5) is 25.3. The van der Waals surface area contributed by atoms with Crippen LogP contribution in [-0.4, -0.2) is 37.0 Å². The highest BCUT2D eigenvalue weighted by Crippen LogP contribution is 2.25. The Kier molecular flexibility index (Phi) is 6.76. The largest absolute Gasteiger partial charge is 0.466 e. The first-order valence-electron chi connectivity index (χ1n) is 9.17. The Morgan fingerprint density at radius 3 is 2.61 bits per heavy atom. The molecular weight excluding hydrogens is 354 g/mol. The summed E-state index contributed by atoms with van der Waals surface area (Å²) in [5, 5.41) is 0. The van der Waals surface area contributed by atoms with Crippen LogP contribution in [0.4, 0.5) is 0 Å². The maximum atomic E-state index is 11.8. The van der Waals surface area contributed by atoms with E-state index in [1.54, 1.807) is 6.07 Å². The van der Waals surface area contributed by atoms with Gasteiger partial charge >= 0.3 is 11.9 Å². The minimum atomic E-state index is -0.620. The van der Waals surface area contributed by atoms with E-state index in [2.05, 4.69) is 40.0 Å². The van der Waals surface area contributed by atoms with Gasteiger partial charge in [-0.15, -0.1) is 0 Å². The van der Waals surface area contributed by atoms with E-state index >= 15 is 0 Å². The topological polar surface area (TPSA) is 55.8 Å². The van der Waals surface area contributed by atoms with Crippen molar-refractivity contribution in [2.45, 2.75) is 13.0 Å². The van der Waals surface area contributed by atoms with Gasteiger partial charge in [-0.25, -0.2) is 9.59 Å². The molecule has 0 saturated carbocycles. The molecule has 0 radical (unpaired) electrons. The van der Waals surface area contributed by atoms with Gasteiger partial charge in [0.15, 0.2) is 0 Å².